The zero-order valence-electron chi connectivity index (χ0n) is 9.90. The number of hydrogen-bond donors (Lipinski definition) is 3. The summed E-state index contributed by atoms with van der Waals surface area (Å²) < 4.78 is 39.1. The van der Waals surface area contributed by atoms with Gasteiger partial charge in [0, 0.05) is 11.3 Å². The lowest BCUT2D eigenvalue weighted by molar-refractivity contribution is -0.119. The molecule has 6 nitrogen and oxygen atoms in total. The molecule has 0 aliphatic rings. The predicted molar refractivity (Wildman–Crippen MR) is 64.5 cm³/mol. The van der Waals surface area contributed by atoms with E-state index in [0.29, 0.717) is 0 Å². The average molecular weight is 275 g/mol. The molecule has 1 aromatic rings. The van der Waals surface area contributed by atoms with Gasteiger partial charge in [0.05, 0.1) is 10.9 Å². The van der Waals surface area contributed by atoms with E-state index in [1.807, 2.05) is 4.72 Å². The summed E-state index contributed by atoms with van der Waals surface area (Å²) in [5, 5.41) is 0. The van der Waals surface area contributed by atoms with Gasteiger partial charge in [-0.3, -0.25) is 4.79 Å². The van der Waals surface area contributed by atoms with Gasteiger partial charge in [0.25, 0.3) is 0 Å². The van der Waals surface area contributed by atoms with Crippen molar-refractivity contribution in [2.75, 3.05) is 5.73 Å². The Bertz CT molecular complexity index is 563. The van der Waals surface area contributed by atoms with E-state index >= 15 is 0 Å². The predicted octanol–water partition coefficient (Wildman–Crippen LogP) is -0.132. The van der Waals surface area contributed by atoms with Crippen LogP contribution in [0, 0.1) is 12.7 Å². The Balaban J connectivity index is 3.18. The molecule has 1 unspecified atom stereocenters. The molecule has 0 bridgehead atoms. The largest absolute Gasteiger partial charge is 0.398 e. The lowest BCUT2D eigenvalue weighted by Crippen LogP contribution is -2.42. The molecule has 0 fully saturated rings. The van der Waals surface area contributed by atoms with E-state index in [1.165, 1.54) is 13.8 Å². The van der Waals surface area contributed by atoms with Crippen LogP contribution in [0.4, 0.5) is 10.1 Å². The molecule has 1 amide bonds. The van der Waals surface area contributed by atoms with Crippen LogP contribution in [-0.4, -0.2) is 20.4 Å². The number of carbonyl (C=O) groups excluding carboxylic acids is 1. The number of rotatable bonds is 4. The molecule has 0 saturated carbocycles. The summed E-state index contributed by atoms with van der Waals surface area (Å²) in [5.41, 5.74) is 10.6. The van der Waals surface area contributed by atoms with Gasteiger partial charge in [0.15, 0.2) is 0 Å². The number of nitrogens with one attached hydrogen (secondary N) is 1. The number of nitrogen functional groups attached to an aromatic ring is 1. The Kier molecular flexibility index (Phi) is 3.92. The Hall–Kier alpha value is -1.67. The number of anilines is 1. The first-order valence-electron chi connectivity index (χ1n) is 5.02. The number of sulfonamides is 1. The van der Waals surface area contributed by atoms with Crippen molar-refractivity contribution in [3.63, 3.8) is 0 Å². The van der Waals surface area contributed by atoms with Crippen LogP contribution in [0.3, 0.4) is 0 Å². The second kappa shape index (κ2) is 4.91. The summed E-state index contributed by atoms with van der Waals surface area (Å²) in [7, 11) is -4.04. The number of primary amides is 1. The van der Waals surface area contributed by atoms with E-state index in [2.05, 4.69) is 0 Å². The molecule has 1 rings (SSSR count). The second-order valence-electron chi connectivity index (χ2n) is 3.86. The van der Waals surface area contributed by atoms with Crippen LogP contribution >= 0.6 is 0 Å². The summed E-state index contributed by atoms with van der Waals surface area (Å²) in [6, 6.07) is 0.858. The zero-order valence-corrected chi connectivity index (χ0v) is 10.7. The molecule has 8 heteroatoms. The fourth-order valence-corrected chi connectivity index (χ4v) is 2.45. The molecular weight excluding hydrogens is 261 g/mol. The smallest absolute Gasteiger partial charge is 0.241 e. The van der Waals surface area contributed by atoms with E-state index in [0.717, 1.165) is 12.1 Å². The Labute approximate surface area is 104 Å². The highest BCUT2D eigenvalue weighted by molar-refractivity contribution is 7.89. The normalized spacial score (nSPS) is 13.3. The molecule has 0 aromatic heterocycles. The molecule has 0 radical (unpaired) electrons. The van der Waals surface area contributed by atoms with Crippen LogP contribution in [0.25, 0.3) is 0 Å². The van der Waals surface area contributed by atoms with Gasteiger partial charge in [-0.25, -0.2) is 12.8 Å². The SMILES string of the molecule is Cc1c(N)cc(S(=O)(=O)NC(C)C(N)=O)cc1F. The first-order valence-corrected chi connectivity index (χ1v) is 6.50. The molecule has 1 atom stereocenters. The Morgan fingerprint density at radius 3 is 2.44 bits per heavy atom. The summed E-state index contributed by atoms with van der Waals surface area (Å²) >= 11 is 0. The summed E-state index contributed by atoms with van der Waals surface area (Å²) in [6.45, 7) is 2.72. The number of nitrogens with two attached hydrogens (primary N) is 2. The van der Waals surface area contributed by atoms with Crippen molar-refractivity contribution in [3.05, 3.63) is 23.5 Å². The van der Waals surface area contributed by atoms with Crippen molar-refractivity contribution < 1.29 is 17.6 Å². The van der Waals surface area contributed by atoms with Gasteiger partial charge in [-0.1, -0.05) is 0 Å². The number of carbonyl (C=O) groups is 1. The molecule has 1 aromatic carbocycles. The van der Waals surface area contributed by atoms with Gasteiger partial charge in [-0.15, -0.1) is 0 Å². The minimum atomic E-state index is -4.04. The second-order valence-corrected chi connectivity index (χ2v) is 5.58. The van der Waals surface area contributed by atoms with Gasteiger partial charge >= 0.3 is 0 Å². The molecule has 0 saturated heterocycles. The molecule has 0 spiro atoms. The van der Waals surface area contributed by atoms with E-state index in [1.54, 1.807) is 0 Å². The average Bonchev–Trinajstić information content (AvgIpc) is 2.24. The topological polar surface area (TPSA) is 115 Å². The first-order chi connectivity index (χ1) is 8.15. The third-order valence-electron chi connectivity index (χ3n) is 2.43. The standard InChI is InChI=1S/C10H14FN3O3S/c1-5-8(11)3-7(4-9(5)12)18(16,17)14-6(2)10(13)15/h3-4,6,14H,12H2,1-2H3,(H2,13,15). The van der Waals surface area contributed by atoms with Crippen molar-refractivity contribution in [2.45, 2.75) is 24.8 Å². The molecule has 0 aliphatic carbocycles. The van der Waals surface area contributed by atoms with Crippen molar-refractivity contribution in [3.8, 4) is 0 Å². The van der Waals surface area contributed by atoms with E-state index in [9.17, 15) is 17.6 Å². The maximum absolute atomic E-state index is 13.4. The number of benzene rings is 1. The quantitative estimate of drug-likeness (QED) is 0.664. The zero-order chi connectivity index (χ0) is 14.1. The maximum atomic E-state index is 13.4. The van der Waals surface area contributed by atoms with Crippen LogP contribution < -0.4 is 16.2 Å². The van der Waals surface area contributed by atoms with Crippen molar-refractivity contribution in [1.82, 2.24) is 4.72 Å². The molecule has 5 N–H and O–H groups in total. The molecular formula is C10H14FN3O3S. The fourth-order valence-electron chi connectivity index (χ4n) is 1.19. The van der Waals surface area contributed by atoms with Gasteiger partial charge in [0.1, 0.15) is 5.82 Å². The van der Waals surface area contributed by atoms with Crippen molar-refractivity contribution in [2.24, 2.45) is 5.73 Å². The molecule has 0 heterocycles. The van der Waals surface area contributed by atoms with Gasteiger partial charge < -0.3 is 11.5 Å². The summed E-state index contributed by atoms with van der Waals surface area (Å²) in [5.74, 6) is -1.57. The monoisotopic (exact) mass is 275 g/mol. The van der Waals surface area contributed by atoms with Crippen molar-refractivity contribution >= 4 is 21.6 Å². The minimum Gasteiger partial charge on any atom is -0.398 e. The Morgan fingerprint density at radius 1 is 1.44 bits per heavy atom. The van der Waals surface area contributed by atoms with Crippen LogP contribution in [0.2, 0.25) is 0 Å². The maximum Gasteiger partial charge on any atom is 0.241 e. The minimum absolute atomic E-state index is 0.0158. The third kappa shape index (κ3) is 2.96. The van der Waals surface area contributed by atoms with E-state index in [-0.39, 0.29) is 16.1 Å². The lowest BCUT2D eigenvalue weighted by Gasteiger charge is -2.12. The van der Waals surface area contributed by atoms with Gasteiger partial charge in [-0.05, 0) is 26.0 Å². The summed E-state index contributed by atoms with van der Waals surface area (Å²) in [4.78, 5) is 10.4. The Morgan fingerprint density at radius 2 is 2.00 bits per heavy atom. The molecule has 0 aliphatic heterocycles. The highest BCUT2D eigenvalue weighted by Gasteiger charge is 2.22. The third-order valence-corrected chi connectivity index (χ3v) is 3.95. The number of hydrogen-bond acceptors (Lipinski definition) is 4. The van der Waals surface area contributed by atoms with Crippen molar-refractivity contribution in [1.29, 1.82) is 0 Å². The lowest BCUT2D eigenvalue weighted by atomic mass is 10.2. The highest BCUT2D eigenvalue weighted by Crippen LogP contribution is 2.20. The van der Waals surface area contributed by atoms with Crippen LogP contribution in [0.1, 0.15) is 12.5 Å². The first kappa shape index (κ1) is 14.4. The van der Waals surface area contributed by atoms with Crippen LogP contribution in [0.5, 0.6) is 0 Å². The number of amides is 1. The fraction of sp³-hybridized carbons (Fsp3) is 0.300. The van der Waals surface area contributed by atoms with Gasteiger partial charge in [-0.2, -0.15) is 4.72 Å². The summed E-state index contributed by atoms with van der Waals surface area (Å²) in [6.07, 6.45) is 0. The van der Waals surface area contributed by atoms with Crippen LogP contribution in [0.15, 0.2) is 17.0 Å². The molecule has 100 valence electrons. The van der Waals surface area contributed by atoms with E-state index < -0.39 is 27.8 Å². The number of halogens is 1. The highest BCUT2D eigenvalue weighted by atomic mass is 32.2. The van der Waals surface area contributed by atoms with Crippen LogP contribution in [-0.2, 0) is 14.8 Å². The molecule has 18 heavy (non-hydrogen) atoms. The van der Waals surface area contributed by atoms with Gasteiger partial charge in [0.2, 0.25) is 15.9 Å². The van der Waals surface area contributed by atoms with E-state index in [4.69, 9.17) is 11.5 Å².